The topological polar surface area (TPSA) is 138 Å². The third kappa shape index (κ3) is 14.0. The molecule has 5 aromatic rings. The summed E-state index contributed by atoms with van der Waals surface area (Å²) in [4.78, 5) is 10.9. The summed E-state index contributed by atoms with van der Waals surface area (Å²) < 4.78 is 58.5. The van der Waals surface area contributed by atoms with E-state index in [1.54, 1.807) is 57.2 Å². The summed E-state index contributed by atoms with van der Waals surface area (Å²) in [5.41, 5.74) is 3.80. The molecule has 9 nitrogen and oxygen atoms in total. The quantitative estimate of drug-likeness (QED) is 0.0394. The van der Waals surface area contributed by atoms with Gasteiger partial charge in [-0.25, -0.2) is 9.97 Å². The van der Waals surface area contributed by atoms with Crippen molar-refractivity contribution in [1.82, 2.24) is 9.97 Å². The van der Waals surface area contributed by atoms with Crippen LogP contribution in [-0.4, -0.2) is 61.9 Å². The number of aliphatic hydroxyl groups is 4. The van der Waals surface area contributed by atoms with E-state index in [1.807, 2.05) is 39.8 Å². The smallest absolute Gasteiger partial charge is 0.416 e. The van der Waals surface area contributed by atoms with E-state index in [2.05, 4.69) is 6.58 Å². The van der Waals surface area contributed by atoms with Gasteiger partial charge in [0.1, 0.15) is 28.7 Å². The Balaban J connectivity index is 1.45. The van der Waals surface area contributed by atoms with Crippen LogP contribution in [0.2, 0.25) is 10.0 Å². The van der Waals surface area contributed by atoms with E-state index in [0.717, 1.165) is 33.8 Å². The largest absolute Gasteiger partial charge is 0.496 e. The highest BCUT2D eigenvalue weighted by molar-refractivity contribution is 7.15. The summed E-state index contributed by atoms with van der Waals surface area (Å²) in [7, 11) is 0. The number of thiazole rings is 1. The van der Waals surface area contributed by atoms with Crippen LogP contribution in [0, 0.1) is 6.92 Å². The number of hydrogen-bond acceptors (Lipinski definition) is 10. The minimum Gasteiger partial charge on any atom is -0.496 e. The van der Waals surface area contributed by atoms with Crippen molar-refractivity contribution in [3.63, 3.8) is 0 Å². The van der Waals surface area contributed by atoms with Crippen molar-refractivity contribution in [2.45, 2.75) is 116 Å². The van der Waals surface area contributed by atoms with E-state index in [0.29, 0.717) is 91.9 Å². The molecule has 2 aromatic heterocycles. The molecule has 0 radical (unpaired) electrons. The lowest BCUT2D eigenvalue weighted by atomic mass is 9.90. The van der Waals surface area contributed by atoms with Crippen LogP contribution in [0.25, 0.3) is 22.0 Å². The molecule has 0 saturated carbocycles. The average Bonchev–Trinajstić information content (AvgIpc) is 3.89. The monoisotopic (exact) mass is 970 g/mol. The molecule has 0 fully saturated rings. The standard InChI is InChI=1S/C51H59Cl2F3N2O7S/c1-29(2)38(16-9-33(6)63-24-23-59)43(61)20-19-42-47(64-48(57-42)40-17-14-36(52)27-41(40)53)32(5)25-31(4)46-45(66-49(58-46)34-10-12-35(13-11-34)51(54,55)56)22-21-44(62)39-18-15-37(26-30(39)3)65-50(7,8)28-60/h9-18,26-27,31-32,43-44,59-62H,1,19-25,28H2,2-8H3/b33-9+,38-16+. The van der Waals surface area contributed by atoms with Gasteiger partial charge in [0.05, 0.1) is 58.7 Å². The Labute approximate surface area is 399 Å². The number of rotatable bonds is 22. The molecule has 0 spiro atoms. The molecular weight excluding hydrogens is 913 g/mol. The molecule has 0 aliphatic heterocycles. The first-order valence-electron chi connectivity index (χ1n) is 21.8. The zero-order chi connectivity index (χ0) is 48.5. The van der Waals surface area contributed by atoms with Crippen molar-refractivity contribution in [3.05, 3.63) is 145 Å². The van der Waals surface area contributed by atoms with Crippen LogP contribution in [-0.2, 0) is 23.8 Å². The van der Waals surface area contributed by atoms with E-state index in [-0.39, 0.29) is 38.1 Å². The minimum atomic E-state index is -4.48. The zero-order valence-electron chi connectivity index (χ0n) is 38.3. The Morgan fingerprint density at radius 3 is 2.26 bits per heavy atom. The van der Waals surface area contributed by atoms with Crippen LogP contribution in [0.4, 0.5) is 13.2 Å². The van der Waals surface area contributed by atoms with Gasteiger partial charge in [0.15, 0.2) is 0 Å². The van der Waals surface area contributed by atoms with Crippen molar-refractivity contribution in [3.8, 4) is 27.8 Å². The molecule has 4 N–H and O–H groups in total. The Kier molecular flexibility index (Phi) is 18.3. The second-order valence-corrected chi connectivity index (χ2v) is 19.2. The number of ether oxygens (including phenoxy) is 2. The Morgan fingerprint density at radius 2 is 1.64 bits per heavy atom. The van der Waals surface area contributed by atoms with Crippen molar-refractivity contribution in [2.24, 2.45) is 0 Å². The Hall–Kier alpha value is -4.47. The summed E-state index contributed by atoms with van der Waals surface area (Å²) in [6.45, 7) is 17.0. The Bertz CT molecular complexity index is 2500. The van der Waals surface area contributed by atoms with Gasteiger partial charge in [-0.05, 0) is 132 Å². The summed E-state index contributed by atoms with van der Waals surface area (Å²) in [5.74, 6) is 1.62. The van der Waals surface area contributed by atoms with E-state index in [9.17, 15) is 28.5 Å². The van der Waals surface area contributed by atoms with Crippen LogP contribution in [0.1, 0.15) is 117 Å². The van der Waals surface area contributed by atoms with Gasteiger partial charge in [-0.3, -0.25) is 0 Å². The summed E-state index contributed by atoms with van der Waals surface area (Å²) >= 11 is 14.3. The number of allylic oxidation sites excluding steroid dienone is 3. The zero-order valence-corrected chi connectivity index (χ0v) is 40.6. The highest BCUT2D eigenvalue weighted by atomic mass is 35.5. The van der Waals surface area contributed by atoms with Crippen LogP contribution in [0.15, 0.2) is 101 Å². The minimum absolute atomic E-state index is 0.122. The summed E-state index contributed by atoms with van der Waals surface area (Å²) in [6.07, 6.45) is -0.820. The fraction of sp³-hybridized carbons (Fsp3) is 0.412. The Morgan fingerprint density at radius 1 is 0.924 bits per heavy atom. The van der Waals surface area contributed by atoms with E-state index in [4.69, 9.17) is 52.2 Å². The van der Waals surface area contributed by atoms with Crippen molar-refractivity contribution < 1.29 is 47.5 Å². The first-order valence-corrected chi connectivity index (χ1v) is 23.3. The lowest BCUT2D eigenvalue weighted by Gasteiger charge is -2.25. The first-order chi connectivity index (χ1) is 31.1. The second-order valence-electron chi connectivity index (χ2n) is 17.3. The molecule has 0 saturated heterocycles. The fourth-order valence-corrected chi connectivity index (χ4v) is 9.29. The maximum absolute atomic E-state index is 13.5. The maximum Gasteiger partial charge on any atom is 0.416 e. The van der Waals surface area contributed by atoms with Crippen LogP contribution in [0.3, 0.4) is 0 Å². The van der Waals surface area contributed by atoms with Gasteiger partial charge in [0, 0.05) is 27.3 Å². The normalized spacial score (nSPS) is 14.5. The van der Waals surface area contributed by atoms with Crippen LogP contribution in [0.5, 0.6) is 5.75 Å². The molecule has 15 heteroatoms. The number of alkyl halides is 3. The van der Waals surface area contributed by atoms with Gasteiger partial charge >= 0.3 is 6.18 Å². The average molecular weight is 972 g/mol. The molecular formula is C51H59Cl2F3N2O7S. The predicted octanol–water partition coefficient (Wildman–Crippen LogP) is 12.9. The molecule has 0 amide bonds. The number of oxazole rings is 1. The van der Waals surface area contributed by atoms with Gasteiger partial charge in [0.2, 0.25) is 5.89 Å². The molecule has 4 unspecified atom stereocenters. The van der Waals surface area contributed by atoms with Gasteiger partial charge in [-0.15, -0.1) is 11.3 Å². The third-order valence-corrected chi connectivity index (χ3v) is 12.9. The van der Waals surface area contributed by atoms with Crippen molar-refractivity contribution >= 4 is 34.5 Å². The molecule has 0 aliphatic rings. The molecule has 4 atom stereocenters. The number of benzene rings is 3. The first kappa shape index (κ1) is 52.5. The molecule has 0 bridgehead atoms. The summed E-state index contributed by atoms with van der Waals surface area (Å²) in [6, 6.07) is 15.4. The second kappa shape index (κ2) is 23.0. The molecule has 66 heavy (non-hydrogen) atoms. The summed E-state index contributed by atoms with van der Waals surface area (Å²) in [5, 5.41) is 43.1. The van der Waals surface area contributed by atoms with E-state index >= 15 is 0 Å². The fourth-order valence-electron chi connectivity index (χ4n) is 7.60. The van der Waals surface area contributed by atoms with Gasteiger partial charge in [-0.2, -0.15) is 13.2 Å². The molecule has 0 aliphatic carbocycles. The van der Waals surface area contributed by atoms with Gasteiger partial charge in [0.25, 0.3) is 0 Å². The molecule has 2 heterocycles. The third-order valence-electron chi connectivity index (χ3n) is 11.1. The number of aromatic nitrogens is 2. The number of halogens is 5. The van der Waals surface area contributed by atoms with E-state index in [1.165, 1.54) is 23.5 Å². The molecule has 3 aromatic carbocycles. The van der Waals surface area contributed by atoms with Crippen molar-refractivity contribution in [2.75, 3.05) is 19.8 Å². The highest BCUT2D eigenvalue weighted by Gasteiger charge is 2.31. The van der Waals surface area contributed by atoms with E-state index < -0.39 is 29.5 Å². The van der Waals surface area contributed by atoms with Crippen LogP contribution >= 0.6 is 34.5 Å². The number of hydrogen-bond donors (Lipinski definition) is 4. The number of aliphatic hydroxyl groups excluding tert-OH is 4. The predicted molar refractivity (Wildman–Crippen MR) is 256 cm³/mol. The molecule has 356 valence electrons. The van der Waals surface area contributed by atoms with Gasteiger partial charge < -0.3 is 34.3 Å². The lowest BCUT2D eigenvalue weighted by Crippen LogP contribution is -2.32. The number of nitrogens with zero attached hydrogens (tertiary/aromatic N) is 2. The lowest BCUT2D eigenvalue weighted by molar-refractivity contribution is -0.137. The molecule has 5 rings (SSSR count). The van der Waals surface area contributed by atoms with Crippen LogP contribution < -0.4 is 4.74 Å². The highest BCUT2D eigenvalue weighted by Crippen LogP contribution is 2.41. The van der Waals surface area contributed by atoms with Gasteiger partial charge in [-0.1, -0.05) is 73.5 Å². The van der Waals surface area contributed by atoms with Crippen molar-refractivity contribution in [1.29, 1.82) is 0 Å². The maximum atomic E-state index is 13.5. The number of aryl methyl sites for hydroxylation is 3. The SMILES string of the molecule is C=C(C)/C(=C\C=C(/C)OCCO)C(O)CCc1nc(-c2ccc(Cl)cc2Cl)oc1C(C)CC(C)c1nc(-c2ccc(C(F)(F)F)cc2)sc1CCC(O)c1ccc(OC(C)(C)CO)cc1C.